The average Bonchev–Trinajstić information content (AvgIpc) is 3.50. The van der Waals surface area contributed by atoms with Gasteiger partial charge in [0.1, 0.15) is 11.6 Å². The summed E-state index contributed by atoms with van der Waals surface area (Å²) < 4.78 is 27.0. The van der Waals surface area contributed by atoms with E-state index in [1.54, 1.807) is 42.3 Å². The average molecular weight is 370 g/mol. The van der Waals surface area contributed by atoms with Crippen molar-refractivity contribution < 1.29 is 18.4 Å². The van der Waals surface area contributed by atoms with E-state index in [1.165, 1.54) is 18.2 Å². The van der Waals surface area contributed by atoms with Crippen LogP contribution in [0.3, 0.4) is 0 Å². The van der Waals surface area contributed by atoms with Crippen molar-refractivity contribution in [2.75, 3.05) is 7.05 Å². The molecule has 2 amide bonds. The van der Waals surface area contributed by atoms with E-state index in [9.17, 15) is 18.4 Å². The summed E-state index contributed by atoms with van der Waals surface area (Å²) in [5.74, 6) is -1.69. The summed E-state index contributed by atoms with van der Waals surface area (Å²) in [5.41, 5.74) is 1.60. The molecule has 0 aromatic heterocycles. The second kappa shape index (κ2) is 8.12. The van der Waals surface area contributed by atoms with Gasteiger partial charge in [-0.1, -0.05) is 18.2 Å². The Morgan fingerprint density at radius 2 is 1.85 bits per heavy atom. The highest BCUT2D eigenvalue weighted by Crippen LogP contribution is 2.29. The monoisotopic (exact) mass is 370 g/mol. The number of rotatable bonds is 6. The number of benzene rings is 2. The predicted molar refractivity (Wildman–Crippen MR) is 98.8 cm³/mol. The maximum absolute atomic E-state index is 13.9. The van der Waals surface area contributed by atoms with E-state index in [2.05, 4.69) is 5.32 Å². The van der Waals surface area contributed by atoms with E-state index in [0.717, 1.165) is 24.5 Å². The summed E-state index contributed by atoms with van der Waals surface area (Å²) in [6, 6.07) is 10.3. The standard InChI is InChI=1S/C21H20F2N2O2/c1-24-21(27)15-5-2-14(3-6-15)4-11-20(26)25(18-9-10-18)13-16-7-8-17(22)12-19(16)23/h2-8,11-12,18H,9-10,13H2,1H3,(H,24,27)/b11-4+. The molecule has 140 valence electrons. The Kier molecular flexibility index (Phi) is 5.64. The van der Waals surface area contributed by atoms with Crippen LogP contribution < -0.4 is 5.32 Å². The third kappa shape index (κ3) is 4.78. The minimum Gasteiger partial charge on any atom is -0.355 e. The number of carbonyl (C=O) groups excluding carboxylic acids is 2. The van der Waals surface area contributed by atoms with Crippen molar-refractivity contribution in [3.05, 3.63) is 76.9 Å². The molecule has 0 spiro atoms. The van der Waals surface area contributed by atoms with Crippen molar-refractivity contribution in [2.24, 2.45) is 0 Å². The van der Waals surface area contributed by atoms with Crippen LogP contribution in [0, 0.1) is 11.6 Å². The first-order valence-electron chi connectivity index (χ1n) is 8.72. The lowest BCUT2D eigenvalue weighted by Crippen LogP contribution is -2.31. The van der Waals surface area contributed by atoms with Crippen molar-refractivity contribution >= 4 is 17.9 Å². The molecular formula is C21H20F2N2O2. The molecule has 2 aromatic carbocycles. The quantitative estimate of drug-likeness (QED) is 0.791. The van der Waals surface area contributed by atoms with Crippen molar-refractivity contribution in [2.45, 2.75) is 25.4 Å². The number of nitrogens with zero attached hydrogens (tertiary/aromatic N) is 1. The van der Waals surface area contributed by atoms with Gasteiger partial charge in [-0.3, -0.25) is 9.59 Å². The molecular weight excluding hydrogens is 350 g/mol. The molecule has 1 saturated carbocycles. The summed E-state index contributed by atoms with van der Waals surface area (Å²) in [4.78, 5) is 25.7. The fourth-order valence-electron chi connectivity index (χ4n) is 2.76. The molecule has 6 heteroatoms. The fourth-order valence-corrected chi connectivity index (χ4v) is 2.76. The third-order valence-corrected chi connectivity index (χ3v) is 4.44. The molecule has 27 heavy (non-hydrogen) atoms. The van der Waals surface area contributed by atoms with Crippen LogP contribution in [0.4, 0.5) is 8.78 Å². The highest BCUT2D eigenvalue weighted by atomic mass is 19.1. The smallest absolute Gasteiger partial charge is 0.251 e. The van der Waals surface area contributed by atoms with Crippen molar-refractivity contribution in [3.8, 4) is 0 Å². The van der Waals surface area contributed by atoms with Crippen molar-refractivity contribution in [3.63, 3.8) is 0 Å². The van der Waals surface area contributed by atoms with Crippen LogP contribution in [0.15, 0.2) is 48.5 Å². The Morgan fingerprint density at radius 3 is 2.44 bits per heavy atom. The van der Waals surface area contributed by atoms with Gasteiger partial charge in [0.15, 0.2) is 0 Å². The van der Waals surface area contributed by atoms with Gasteiger partial charge in [-0.15, -0.1) is 0 Å². The summed E-state index contributed by atoms with van der Waals surface area (Å²) in [6.45, 7) is 0.107. The van der Waals surface area contributed by atoms with Gasteiger partial charge in [-0.2, -0.15) is 0 Å². The molecule has 0 saturated heterocycles. The molecule has 0 heterocycles. The molecule has 2 aromatic rings. The third-order valence-electron chi connectivity index (χ3n) is 4.44. The number of hydrogen-bond acceptors (Lipinski definition) is 2. The maximum Gasteiger partial charge on any atom is 0.251 e. The Hall–Kier alpha value is -3.02. The van der Waals surface area contributed by atoms with E-state index in [0.29, 0.717) is 11.1 Å². The molecule has 4 nitrogen and oxygen atoms in total. The van der Waals surface area contributed by atoms with Crippen LogP contribution in [-0.2, 0) is 11.3 Å². The molecule has 0 aliphatic heterocycles. The minimum atomic E-state index is -0.651. The van der Waals surface area contributed by atoms with Crippen LogP contribution >= 0.6 is 0 Å². The molecule has 1 N–H and O–H groups in total. The van der Waals surface area contributed by atoms with Gasteiger partial charge >= 0.3 is 0 Å². The van der Waals surface area contributed by atoms with Gasteiger partial charge in [0, 0.05) is 42.9 Å². The Bertz CT molecular complexity index is 874. The molecule has 1 aliphatic rings. The van der Waals surface area contributed by atoms with Gasteiger partial charge in [0.25, 0.3) is 5.91 Å². The van der Waals surface area contributed by atoms with Crippen LogP contribution in [0.1, 0.15) is 34.3 Å². The zero-order chi connectivity index (χ0) is 19.4. The first-order valence-corrected chi connectivity index (χ1v) is 8.72. The minimum absolute atomic E-state index is 0.0854. The van der Waals surface area contributed by atoms with Crippen molar-refractivity contribution in [1.29, 1.82) is 0 Å². The molecule has 1 aliphatic carbocycles. The SMILES string of the molecule is CNC(=O)c1ccc(/C=C/C(=O)N(Cc2ccc(F)cc2F)C2CC2)cc1. The van der Waals surface area contributed by atoms with E-state index in [-0.39, 0.29) is 24.4 Å². The lowest BCUT2D eigenvalue weighted by Gasteiger charge is -2.21. The van der Waals surface area contributed by atoms with Gasteiger partial charge in [-0.25, -0.2) is 8.78 Å². The lowest BCUT2D eigenvalue weighted by molar-refractivity contribution is -0.127. The second-order valence-electron chi connectivity index (χ2n) is 6.47. The Balaban J connectivity index is 1.70. The highest BCUT2D eigenvalue weighted by Gasteiger charge is 2.32. The van der Waals surface area contributed by atoms with Gasteiger partial charge < -0.3 is 10.2 Å². The largest absolute Gasteiger partial charge is 0.355 e. The Labute approximate surface area is 156 Å². The summed E-state index contributed by atoms with van der Waals surface area (Å²) in [7, 11) is 1.56. The molecule has 1 fully saturated rings. The highest BCUT2D eigenvalue weighted by molar-refractivity contribution is 5.95. The predicted octanol–water partition coefficient (Wildman–Crippen LogP) is 3.53. The van der Waals surface area contributed by atoms with Crippen LogP contribution in [0.2, 0.25) is 0 Å². The summed E-state index contributed by atoms with van der Waals surface area (Å²) >= 11 is 0. The molecule has 0 radical (unpaired) electrons. The van der Waals surface area contributed by atoms with Gasteiger partial charge in [0.05, 0.1) is 0 Å². The number of nitrogens with one attached hydrogen (secondary N) is 1. The number of amides is 2. The van der Waals surface area contributed by atoms with Crippen LogP contribution in [-0.4, -0.2) is 29.8 Å². The lowest BCUT2D eigenvalue weighted by atomic mass is 10.1. The second-order valence-corrected chi connectivity index (χ2v) is 6.47. The van der Waals surface area contributed by atoms with Crippen molar-refractivity contribution in [1.82, 2.24) is 10.2 Å². The van der Waals surface area contributed by atoms with Crippen LogP contribution in [0.25, 0.3) is 6.08 Å². The number of halogens is 2. The molecule has 0 bridgehead atoms. The maximum atomic E-state index is 13.9. The number of carbonyl (C=O) groups is 2. The molecule has 0 unspecified atom stereocenters. The normalized spacial score (nSPS) is 13.6. The zero-order valence-electron chi connectivity index (χ0n) is 14.9. The molecule has 3 rings (SSSR count). The molecule has 0 atom stereocenters. The topological polar surface area (TPSA) is 49.4 Å². The summed E-state index contributed by atoms with van der Waals surface area (Å²) in [6.07, 6.45) is 4.85. The van der Waals surface area contributed by atoms with E-state index >= 15 is 0 Å². The van der Waals surface area contributed by atoms with Gasteiger partial charge in [0.2, 0.25) is 5.91 Å². The number of hydrogen-bond donors (Lipinski definition) is 1. The van der Waals surface area contributed by atoms with Crippen LogP contribution in [0.5, 0.6) is 0 Å². The zero-order valence-corrected chi connectivity index (χ0v) is 14.9. The first-order chi connectivity index (χ1) is 13.0. The van der Waals surface area contributed by atoms with E-state index in [4.69, 9.17) is 0 Å². The summed E-state index contributed by atoms with van der Waals surface area (Å²) in [5, 5.41) is 2.54. The Morgan fingerprint density at radius 1 is 1.15 bits per heavy atom. The van der Waals surface area contributed by atoms with Gasteiger partial charge in [-0.05, 0) is 42.7 Å². The van der Waals surface area contributed by atoms with E-state index < -0.39 is 11.6 Å². The fraction of sp³-hybridized carbons (Fsp3) is 0.238. The van der Waals surface area contributed by atoms with E-state index in [1.807, 2.05) is 0 Å². The first kappa shape index (κ1) is 18.8.